The number of allylic oxidation sites excluding steroid dienone is 1. The van der Waals surface area contributed by atoms with Crippen molar-refractivity contribution < 1.29 is 18.9 Å². The van der Waals surface area contributed by atoms with Crippen molar-refractivity contribution in [1.29, 1.82) is 0 Å². The summed E-state index contributed by atoms with van der Waals surface area (Å²) in [7, 11) is 4.79. The molecule has 0 fully saturated rings. The van der Waals surface area contributed by atoms with Gasteiger partial charge in [-0.2, -0.15) is 0 Å². The minimum Gasteiger partial charge on any atom is -0.496 e. The van der Waals surface area contributed by atoms with E-state index in [1.165, 1.54) is 0 Å². The van der Waals surface area contributed by atoms with Gasteiger partial charge in [0.15, 0.2) is 6.79 Å². The molecule has 0 saturated heterocycles. The van der Waals surface area contributed by atoms with Crippen molar-refractivity contribution in [1.82, 2.24) is 0 Å². The molecule has 0 aliphatic carbocycles. The van der Waals surface area contributed by atoms with Crippen LogP contribution in [0.15, 0.2) is 24.8 Å². The third-order valence-corrected chi connectivity index (χ3v) is 2.28. The van der Waals surface area contributed by atoms with Crippen molar-refractivity contribution in [3.8, 4) is 17.2 Å². The van der Waals surface area contributed by atoms with Gasteiger partial charge < -0.3 is 18.9 Å². The Morgan fingerprint density at radius 1 is 1.12 bits per heavy atom. The average molecular weight is 238 g/mol. The third kappa shape index (κ3) is 3.39. The maximum Gasteiger partial charge on any atom is 0.188 e. The minimum atomic E-state index is 0.181. The Kier molecular flexibility index (Phi) is 5.36. The molecule has 0 atom stereocenters. The van der Waals surface area contributed by atoms with Crippen LogP contribution >= 0.6 is 0 Å². The molecule has 0 amide bonds. The molecule has 0 spiro atoms. The second kappa shape index (κ2) is 6.81. The second-order valence-corrected chi connectivity index (χ2v) is 3.35. The van der Waals surface area contributed by atoms with Crippen molar-refractivity contribution in [2.75, 3.05) is 28.1 Å². The number of benzene rings is 1. The fraction of sp³-hybridized carbons (Fsp3) is 0.385. The van der Waals surface area contributed by atoms with Crippen LogP contribution in [0.2, 0.25) is 0 Å². The number of hydrogen-bond donors (Lipinski definition) is 0. The molecule has 0 heterocycles. The summed E-state index contributed by atoms with van der Waals surface area (Å²) < 4.78 is 20.9. The zero-order valence-corrected chi connectivity index (χ0v) is 10.5. The summed E-state index contributed by atoms with van der Waals surface area (Å²) in [6.07, 6.45) is 2.45. The van der Waals surface area contributed by atoms with E-state index in [0.29, 0.717) is 17.9 Å². The quantitative estimate of drug-likeness (QED) is 0.540. The van der Waals surface area contributed by atoms with Crippen molar-refractivity contribution in [2.45, 2.75) is 6.42 Å². The molecule has 94 valence electrons. The van der Waals surface area contributed by atoms with Crippen LogP contribution in [0.25, 0.3) is 0 Å². The van der Waals surface area contributed by atoms with Gasteiger partial charge in [-0.15, -0.1) is 6.58 Å². The number of methoxy groups -OCH3 is 3. The van der Waals surface area contributed by atoms with E-state index in [-0.39, 0.29) is 6.79 Å². The van der Waals surface area contributed by atoms with Crippen LogP contribution in [0.5, 0.6) is 17.2 Å². The van der Waals surface area contributed by atoms with Gasteiger partial charge in [0, 0.05) is 24.8 Å². The lowest BCUT2D eigenvalue weighted by atomic mass is 10.1. The molecular formula is C13H18O4. The molecule has 0 saturated carbocycles. The van der Waals surface area contributed by atoms with Gasteiger partial charge in [-0.25, -0.2) is 0 Å². The smallest absolute Gasteiger partial charge is 0.188 e. The first-order valence-electron chi connectivity index (χ1n) is 5.24. The molecule has 0 N–H and O–H groups in total. The maximum atomic E-state index is 5.49. The van der Waals surface area contributed by atoms with Crippen LogP contribution in [-0.4, -0.2) is 28.1 Å². The van der Waals surface area contributed by atoms with E-state index in [1.807, 2.05) is 6.07 Å². The second-order valence-electron chi connectivity index (χ2n) is 3.35. The van der Waals surface area contributed by atoms with Crippen LogP contribution in [0.3, 0.4) is 0 Å². The van der Waals surface area contributed by atoms with E-state index < -0.39 is 0 Å². The van der Waals surface area contributed by atoms with E-state index in [4.69, 9.17) is 18.9 Å². The average Bonchev–Trinajstić information content (AvgIpc) is 2.37. The van der Waals surface area contributed by atoms with E-state index in [9.17, 15) is 0 Å². The zero-order valence-electron chi connectivity index (χ0n) is 10.5. The molecule has 1 aromatic carbocycles. The molecule has 0 unspecified atom stereocenters. The van der Waals surface area contributed by atoms with Crippen LogP contribution in [0, 0.1) is 0 Å². The fourth-order valence-electron chi connectivity index (χ4n) is 1.49. The molecule has 0 aromatic heterocycles. The summed E-state index contributed by atoms with van der Waals surface area (Å²) in [4.78, 5) is 0. The largest absolute Gasteiger partial charge is 0.496 e. The van der Waals surface area contributed by atoms with E-state index >= 15 is 0 Å². The monoisotopic (exact) mass is 238 g/mol. The first kappa shape index (κ1) is 13.4. The Morgan fingerprint density at radius 2 is 1.82 bits per heavy atom. The van der Waals surface area contributed by atoms with Crippen LogP contribution in [0.1, 0.15) is 5.56 Å². The summed E-state index contributed by atoms with van der Waals surface area (Å²) in [5.74, 6) is 2.08. The van der Waals surface area contributed by atoms with E-state index in [0.717, 1.165) is 11.3 Å². The van der Waals surface area contributed by atoms with Gasteiger partial charge in [-0.05, 0) is 6.42 Å². The van der Waals surface area contributed by atoms with Crippen molar-refractivity contribution in [3.63, 3.8) is 0 Å². The van der Waals surface area contributed by atoms with Gasteiger partial charge in [0.1, 0.15) is 17.2 Å². The molecule has 1 rings (SSSR count). The highest BCUT2D eigenvalue weighted by molar-refractivity contribution is 5.51. The normalized spacial score (nSPS) is 9.82. The van der Waals surface area contributed by atoms with Crippen molar-refractivity contribution >= 4 is 0 Å². The van der Waals surface area contributed by atoms with Crippen molar-refractivity contribution in [2.24, 2.45) is 0 Å². The summed E-state index contributed by atoms with van der Waals surface area (Å²) in [5.41, 5.74) is 0.931. The molecule has 0 bridgehead atoms. The lowest BCUT2D eigenvalue weighted by Gasteiger charge is -2.15. The molecule has 4 heteroatoms. The highest BCUT2D eigenvalue weighted by atomic mass is 16.7. The Hall–Kier alpha value is -1.68. The van der Waals surface area contributed by atoms with Gasteiger partial charge in [-0.1, -0.05) is 6.08 Å². The molecule has 4 nitrogen and oxygen atoms in total. The molecular weight excluding hydrogens is 220 g/mol. The Balaban J connectivity index is 3.14. The Bertz CT molecular complexity index is 374. The van der Waals surface area contributed by atoms with Crippen molar-refractivity contribution in [3.05, 3.63) is 30.4 Å². The molecule has 17 heavy (non-hydrogen) atoms. The predicted octanol–water partition coefficient (Wildman–Crippen LogP) is 2.42. The predicted molar refractivity (Wildman–Crippen MR) is 66.0 cm³/mol. The van der Waals surface area contributed by atoms with Gasteiger partial charge >= 0.3 is 0 Å². The fourth-order valence-corrected chi connectivity index (χ4v) is 1.49. The van der Waals surface area contributed by atoms with Gasteiger partial charge in [0.2, 0.25) is 0 Å². The highest BCUT2D eigenvalue weighted by Gasteiger charge is 2.12. The highest BCUT2D eigenvalue weighted by Crippen LogP contribution is 2.34. The van der Waals surface area contributed by atoms with E-state index in [1.54, 1.807) is 33.5 Å². The summed E-state index contributed by atoms with van der Waals surface area (Å²) in [6, 6.07) is 3.62. The standard InChI is InChI=1S/C13H18O4/c1-5-6-11-12(16-4)7-10(15-3)8-13(11)17-9-14-2/h5,7-8H,1,6,9H2,2-4H3. The summed E-state index contributed by atoms with van der Waals surface area (Å²) >= 11 is 0. The molecule has 0 aliphatic rings. The van der Waals surface area contributed by atoms with Gasteiger partial charge in [0.25, 0.3) is 0 Å². The number of rotatable bonds is 7. The summed E-state index contributed by atoms with van der Waals surface area (Å²) in [5, 5.41) is 0. The zero-order chi connectivity index (χ0) is 12.7. The molecule has 0 aliphatic heterocycles. The Labute approximate surface area is 102 Å². The van der Waals surface area contributed by atoms with Crippen LogP contribution < -0.4 is 14.2 Å². The molecule has 0 radical (unpaired) electrons. The Morgan fingerprint density at radius 3 is 2.35 bits per heavy atom. The van der Waals surface area contributed by atoms with Gasteiger partial charge in [0.05, 0.1) is 14.2 Å². The maximum absolute atomic E-state index is 5.49. The SMILES string of the molecule is C=CCc1c(OC)cc(OC)cc1OCOC. The first-order valence-corrected chi connectivity index (χ1v) is 5.24. The number of hydrogen-bond acceptors (Lipinski definition) is 4. The van der Waals surface area contributed by atoms with Crippen LogP contribution in [-0.2, 0) is 11.2 Å². The topological polar surface area (TPSA) is 36.9 Å². The first-order chi connectivity index (χ1) is 8.26. The van der Waals surface area contributed by atoms with Gasteiger partial charge in [-0.3, -0.25) is 0 Å². The molecule has 1 aromatic rings. The lowest BCUT2D eigenvalue weighted by molar-refractivity contribution is 0.0502. The van der Waals surface area contributed by atoms with E-state index in [2.05, 4.69) is 6.58 Å². The summed E-state index contributed by atoms with van der Waals surface area (Å²) in [6.45, 7) is 3.90. The van der Waals surface area contributed by atoms with Crippen LogP contribution in [0.4, 0.5) is 0 Å². The lowest BCUT2D eigenvalue weighted by Crippen LogP contribution is -2.03. The minimum absolute atomic E-state index is 0.181. The number of ether oxygens (including phenoxy) is 4. The third-order valence-electron chi connectivity index (χ3n) is 2.28.